The van der Waals surface area contributed by atoms with Gasteiger partial charge in [0.15, 0.2) is 0 Å². The standard InChI is InChI=1S/C13H9BrFN3/c14-11-1-2-12(15)10(6-11)8-18-13-5-9(7-16)3-4-17-13/h1-6H,8H2,(H,17,18). The number of nitrogens with zero attached hydrogens (tertiary/aromatic N) is 2. The Morgan fingerprint density at radius 1 is 1.33 bits per heavy atom. The van der Waals surface area contributed by atoms with Gasteiger partial charge in [-0.2, -0.15) is 5.26 Å². The topological polar surface area (TPSA) is 48.7 Å². The molecule has 1 aromatic heterocycles. The molecule has 0 atom stereocenters. The summed E-state index contributed by atoms with van der Waals surface area (Å²) >= 11 is 3.29. The van der Waals surface area contributed by atoms with E-state index in [9.17, 15) is 4.39 Å². The summed E-state index contributed by atoms with van der Waals surface area (Å²) in [7, 11) is 0. The van der Waals surface area contributed by atoms with E-state index in [4.69, 9.17) is 5.26 Å². The van der Waals surface area contributed by atoms with Crippen molar-refractivity contribution in [2.24, 2.45) is 0 Å². The van der Waals surface area contributed by atoms with Gasteiger partial charge in [-0.15, -0.1) is 0 Å². The van der Waals surface area contributed by atoms with Gasteiger partial charge in [0.2, 0.25) is 0 Å². The molecule has 90 valence electrons. The number of aromatic nitrogens is 1. The predicted octanol–water partition coefficient (Wildman–Crippen LogP) is 3.47. The summed E-state index contributed by atoms with van der Waals surface area (Å²) in [5, 5.41) is 11.7. The van der Waals surface area contributed by atoms with E-state index in [1.54, 1.807) is 24.3 Å². The Labute approximate surface area is 112 Å². The van der Waals surface area contributed by atoms with Crippen molar-refractivity contribution in [1.29, 1.82) is 5.26 Å². The van der Waals surface area contributed by atoms with Crippen molar-refractivity contribution in [3.63, 3.8) is 0 Å². The Morgan fingerprint density at radius 3 is 2.94 bits per heavy atom. The first-order valence-electron chi connectivity index (χ1n) is 5.23. The molecular formula is C13H9BrFN3. The quantitative estimate of drug-likeness (QED) is 0.944. The number of hydrogen-bond donors (Lipinski definition) is 1. The minimum atomic E-state index is -0.276. The van der Waals surface area contributed by atoms with Gasteiger partial charge in [-0.1, -0.05) is 15.9 Å². The van der Waals surface area contributed by atoms with Gasteiger partial charge in [0, 0.05) is 22.8 Å². The summed E-state index contributed by atoms with van der Waals surface area (Å²) in [5.74, 6) is 0.274. The molecule has 0 fully saturated rings. The van der Waals surface area contributed by atoms with Gasteiger partial charge in [-0.05, 0) is 30.3 Å². The number of pyridine rings is 1. The molecular weight excluding hydrogens is 297 g/mol. The van der Waals surface area contributed by atoms with Crippen molar-refractivity contribution < 1.29 is 4.39 Å². The fourth-order valence-electron chi connectivity index (χ4n) is 1.46. The molecule has 2 aromatic rings. The maximum absolute atomic E-state index is 13.5. The molecule has 5 heteroatoms. The summed E-state index contributed by atoms with van der Waals surface area (Å²) < 4.78 is 14.3. The molecule has 0 bridgehead atoms. The van der Waals surface area contributed by atoms with Crippen LogP contribution in [0.2, 0.25) is 0 Å². The third kappa shape index (κ3) is 3.05. The normalized spacial score (nSPS) is 9.83. The van der Waals surface area contributed by atoms with Crippen LogP contribution in [0, 0.1) is 17.1 Å². The maximum Gasteiger partial charge on any atom is 0.128 e. The van der Waals surface area contributed by atoms with Crippen molar-refractivity contribution in [2.75, 3.05) is 5.32 Å². The fraction of sp³-hybridized carbons (Fsp3) is 0.0769. The van der Waals surface area contributed by atoms with Crippen LogP contribution in [0.3, 0.4) is 0 Å². The lowest BCUT2D eigenvalue weighted by molar-refractivity contribution is 0.612. The van der Waals surface area contributed by atoms with E-state index >= 15 is 0 Å². The lowest BCUT2D eigenvalue weighted by atomic mass is 10.2. The molecule has 0 saturated heterocycles. The van der Waals surface area contributed by atoms with E-state index in [-0.39, 0.29) is 5.82 Å². The molecule has 1 N–H and O–H groups in total. The molecule has 0 saturated carbocycles. The average Bonchev–Trinajstić information content (AvgIpc) is 2.40. The van der Waals surface area contributed by atoms with Gasteiger partial charge in [0.1, 0.15) is 11.6 Å². The second-order valence-electron chi connectivity index (χ2n) is 3.63. The molecule has 1 aromatic carbocycles. The lowest BCUT2D eigenvalue weighted by Crippen LogP contribution is -2.03. The highest BCUT2D eigenvalue weighted by atomic mass is 79.9. The molecule has 0 amide bonds. The second kappa shape index (κ2) is 5.61. The lowest BCUT2D eigenvalue weighted by Gasteiger charge is -2.07. The molecule has 0 aliphatic carbocycles. The molecule has 0 radical (unpaired) electrons. The molecule has 1 heterocycles. The van der Waals surface area contributed by atoms with E-state index in [1.165, 1.54) is 12.3 Å². The number of nitrogens with one attached hydrogen (secondary N) is 1. The largest absolute Gasteiger partial charge is 0.366 e. The SMILES string of the molecule is N#Cc1ccnc(NCc2cc(Br)ccc2F)c1. The van der Waals surface area contributed by atoms with Crippen molar-refractivity contribution >= 4 is 21.7 Å². The van der Waals surface area contributed by atoms with Crippen LogP contribution in [0.25, 0.3) is 0 Å². The molecule has 18 heavy (non-hydrogen) atoms. The monoisotopic (exact) mass is 305 g/mol. The van der Waals surface area contributed by atoms with Gasteiger partial charge in [0.05, 0.1) is 11.6 Å². The smallest absolute Gasteiger partial charge is 0.128 e. The zero-order valence-corrected chi connectivity index (χ0v) is 10.9. The Bertz CT molecular complexity index is 607. The highest BCUT2D eigenvalue weighted by Gasteiger charge is 2.03. The predicted molar refractivity (Wildman–Crippen MR) is 70.4 cm³/mol. The van der Waals surface area contributed by atoms with Crippen LogP contribution < -0.4 is 5.32 Å². The van der Waals surface area contributed by atoms with Gasteiger partial charge < -0.3 is 5.32 Å². The summed E-state index contributed by atoms with van der Waals surface area (Å²) in [6.07, 6.45) is 1.54. The first-order valence-corrected chi connectivity index (χ1v) is 6.02. The summed E-state index contributed by atoms with van der Waals surface area (Å²) in [5.41, 5.74) is 1.05. The Balaban J connectivity index is 2.11. The molecule has 2 rings (SSSR count). The zero-order chi connectivity index (χ0) is 13.0. The Kier molecular flexibility index (Phi) is 3.90. The highest BCUT2D eigenvalue weighted by molar-refractivity contribution is 9.10. The minimum absolute atomic E-state index is 0.276. The van der Waals surface area contributed by atoms with E-state index in [0.717, 1.165) is 4.47 Å². The third-order valence-electron chi connectivity index (χ3n) is 2.36. The number of nitriles is 1. The van der Waals surface area contributed by atoms with Crippen LogP contribution in [0.1, 0.15) is 11.1 Å². The number of hydrogen-bond acceptors (Lipinski definition) is 3. The van der Waals surface area contributed by atoms with Crippen LogP contribution in [0.5, 0.6) is 0 Å². The van der Waals surface area contributed by atoms with E-state index in [1.807, 2.05) is 6.07 Å². The average molecular weight is 306 g/mol. The van der Waals surface area contributed by atoms with E-state index < -0.39 is 0 Å². The number of halogens is 2. The first-order chi connectivity index (χ1) is 8.69. The van der Waals surface area contributed by atoms with Gasteiger partial charge in [-0.3, -0.25) is 0 Å². The fourth-order valence-corrected chi connectivity index (χ4v) is 1.87. The van der Waals surface area contributed by atoms with Crippen LogP contribution in [-0.4, -0.2) is 4.98 Å². The third-order valence-corrected chi connectivity index (χ3v) is 2.85. The number of benzene rings is 1. The summed E-state index contributed by atoms with van der Waals surface area (Å²) in [6, 6.07) is 10.0. The van der Waals surface area contributed by atoms with Crippen LogP contribution >= 0.6 is 15.9 Å². The molecule has 0 aliphatic rings. The first kappa shape index (κ1) is 12.5. The summed E-state index contributed by atoms with van der Waals surface area (Å²) in [6.45, 7) is 0.313. The number of rotatable bonds is 3. The van der Waals surface area contributed by atoms with Crippen molar-refractivity contribution in [3.8, 4) is 6.07 Å². The minimum Gasteiger partial charge on any atom is -0.366 e. The summed E-state index contributed by atoms with van der Waals surface area (Å²) in [4.78, 5) is 4.06. The molecule has 0 aliphatic heterocycles. The zero-order valence-electron chi connectivity index (χ0n) is 9.32. The molecule has 0 unspecified atom stereocenters. The van der Waals surface area contributed by atoms with Gasteiger partial charge >= 0.3 is 0 Å². The highest BCUT2D eigenvalue weighted by Crippen LogP contribution is 2.16. The maximum atomic E-state index is 13.5. The Morgan fingerprint density at radius 2 is 2.17 bits per heavy atom. The second-order valence-corrected chi connectivity index (χ2v) is 4.55. The Hall–Kier alpha value is -1.93. The molecule has 0 spiro atoms. The van der Waals surface area contributed by atoms with Crippen LogP contribution in [0.4, 0.5) is 10.2 Å². The van der Waals surface area contributed by atoms with Crippen LogP contribution in [-0.2, 0) is 6.54 Å². The van der Waals surface area contributed by atoms with Crippen LogP contribution in [0.15, 0.2) is 41.0 Å². The van der Waals surface area contributed by atoms with Crippen molar-refractivity contribution in [3.05, 3.63) is 57.9 Å². The van der Waals surface area contributed by atoms with Crippen molar-refractivity contribution in [2.45, 2.75) is 6.54 Å². The van der Waals surface area contributed by atoms with E-state index in [2.05, 4.69) is 26.2 Å². The van der Waals surface area contributed by atoms with E-state index in [0.29, 0.717) is 23.5 Å². The van der Waals surface area contributed by atoms with Gasteiger partial charge in [0.25, 0.3) is 0 Å². The molecule has 3 nitrogen and oxygen atoms in total. The van der Waals surface area contributed by atoms with Gasteiger partial charge in [-0.25, -0.2) is 9.37 Å². The van der Waals surface area contributed by atoms with Crippen molar-refractivity contribution in [1.82, 2.24) is 4.98 Å². The number of anilines is 1.